The standard InChI is InChI=1S/C19H23FN2O3S/c20-17-6-8-18(9-7-17)26(24,25)21-19-13-22(11-10-16(19)14-23)12-15-4-2-1-3-5-15/h1-9,16,19,21,23H,10-14H2/t16-,19-/m1/s1. The van der Waals surface area contributed by atoms with Crippen LogP contribution in [-0.4, -0.2) is 44.2 Å². The summed E-state index contributed by atoms with van der Waals surface area (Å²) in [5.41, 5.74) is 1.16. The summed E-state index contributed by atoms with van der Waals surface area (Å²) in [5.74, 6) is -0.624. The lowest BCUT2D eigenvalue weighted by molar-refractivity contribution is 0.101. The van der Waals surface area contributed by atoms with Crippen LogP contribution in [0.15, 0.2) is 59.5 Å². The van der Waals surface area contributed by atoms with Crippen molar-refractivity contribution in [3.63, 3.8) is 0 Å². The van der Waals surface area contributed by atoms with Gasteiger partial charge in [0.1, 0.15) is 5.82 Å². The minimum Gasteiger partial charge on any atom is -0.396 e. The number of piperidine rings is 1. The first-order valence-electron chi connectivity index (χ1n) is 8.63. The van der Waals surface area contributed by atoms with Gasteiger partial charge in [-0.1, -0.05) is 30.3 Å². The summed E-state index contributed by atoms with van der Waals surface area (Å²) in [5, 5.41) is 9.64. The molecule has 0 saturated carbocycles. The highest BCUT2D eigenvalue weighted by atomic mass is 32.2. The number of nitrogens with zero attached hydrogens (tertiary/aromatic N) is 1. The van der Waals surface area contributed by atoms with Gasteiger partial charge in [0.25, 0.3) is 0 Å². The van der Waals surface area contributed by atoms with E-state index in [0.717, 1.165) is 30.8 Å². The molecule has 2 atom stereocenters. The second kappa shape index (κ2) is 8.26. The molecule has 1 saturated heterocycles. The Morgan fingerprint density at radius 3 is 2.46 bits per heavy atom. The van der Waals surface area contributed by atoms with E-state index in [1.165, 1.54) is 12.1 Å². The lowest BCUT2D eigenvalue weighted by Crippen LogP contribution is -2.53. The van der Waals surface area contributed by atoms with Crippen LogP contribution in [0.2, 0.25) is 0 Å². The molecule has 2 N–H and O–H groups in total. The fourth-order valence-corrected chi connectivity index (χ4v) is 4.58. The van der Waals surface area contributed by atoms with Crippen molar-refractivity contribution in [1.82, 2.24) is 9.62 Å². The highest BCUT2D eigenvalue weighted by Gasteiger charge is 2.32. The van der Waals surface area contributed by atoms with Crippen LogP contribution >= 0.6 is 0 Å². The molecule has 0 amide bonds. The predicted molar refractivity (Wildman–Crippen MR) is 97.4 cm³/mol. The summed E-state index contributed by atoms with van der Waals surface area (Å²) < 4.78 is 41.0. The number of hydrogen-bond donors (Lipinski definition) is 2. The first-order chi connectivity index (χ1) is 12.5. The Bertz CT molecular complexity index is 812. The van der Waals surface area contributed by atoms with Crippen molar-refractivity contribution in [2.45, 2.75) is 23.9 Å². The molecule has 1 aliphatic heterocycles. The van der Waals surface area contributed by atoms with Gasteiger partial charge >= 0.3 is 0 Å². The van der Waals surface area contributed by atoms with E-state index in [0.29, 0.717) is 13.0 Å². The van der Waals surface area contributed by atoms with Crippen LogP contribution in [0.4, 0.5) is 4.39 Å². The van der Waals surface area contributed by atoms with Crippen LogP contribution in [0.25, 0.3) is 0 Å². The predicted octanol–water partition coefficient (Wildman–Crippen LogP) is 1.99. The largest absolute Gasteiger partial charge is 0.396 e. The zero-order valence-electron chi connectivity index (χ0n) is 14.4. The van der Waals surface area contributed by atoms with Gasteiger partial charge in [-0.25, -0.2) is 17.5 Å². The maximum absolute atomic E-state index is 13.1. The van der Waals surface area contributed by atoms with E-state index in [9.17, 15) is 17.9 Å². The van der Waals surface area contributed by atoms with Gasteiger partial charge in [-0.2, -0.15) is 0 Å². The Morgan fingerprint density at radius 2 is 1.81 bits per heavy atom. The molecule has 140 valence electrons. The zero-order valence-corrected chi connectivity index (χ0v) is 15.2. The molecule has 2 aromatic rings. The fraction of sp³-hybridized carbons (Fsp3) is 0.368. The topological polar surface area (TPSA) is 69.6 Å². The van der Waals surface area contributed by atoms with Crippen molar-refractivity contribution >= 4 is 10.0 Å². The monoisotopic (exact) mass is 378 g/mol. The minimum absolute atomic E-state index is 0.0239. The number of halogens is 1. The lowest BCUT2D eigenvalue weighted by Gasteiger charge is -2.38. The van der Waals surface area contributed by atoms with Crippen molar-refractivity contribution in [3.05, 3.63) is 66.0 Å². The molecule has 7 heteroatoms. The summed E-state index contributed by atoms with van der Waals surface area (Å²) in [6, 6.07) is 14.3. The van der Waals surface area contributed by atoms with Gasteiger partial charge in [0.2, 0.25) is 10.0 Å². The molecule has 5 nitrogen and oxygen atoms in total. The number of likely N-dealkylation sites (tertiary alicyclic amines) is 1. The van der Waals surface area contributed by atoms with Crippen LogP contribution in [0.1, 0.15) is 12.0 Å². The van der Waals surface area contributed by atoms with Gasteiger partial charge in [0.15, 0.2) is 0 Å². The molecule has 0 unspecified atom stereocenters. The molecule has 1 fully saturated rings. The van der Waals surface area contributed by atoms with Gasteiger partial charge in [-0.15, -0.1) is 0 Å². The molecular weight excluding hydrogens is 355 g/mol. The minimum atomic E-state index is -3.77. The third-order valence-electron chi connectivity index (χ3n) is 4.75. The smallest absolute Gasteiger partial charge is 0.240 e. The van der Waals surface area contributed by atoms with E-state index in [1.807, 2.05) is 30.3 Å². The van der Waals surface area contributed by atoms with Crippen LogP contribution in [0, 0.1) is 11.7 Å². The molecule has 1 aliphatic rings. The molecule has 26 heavy (non-hydrogen) atoms. The normalized spacial score (nSPS) is 21.6. The van der Waals surface area contributed by atoms with Gasteiger partial charge in [0.05, 0.1) is 4.90 Å². The molecule has 0 aliphatic carbocycles. The third kappa shape index (κ3) is 4.67. The summed E-state index contributed by atoms with van der Waals surface area (Å²) in [4.78, 5) is 2.20. The van der Waals surface area contributed by atoms with E-state index in [1.54, 1.807) is 0 Å². The molecule has 2 aromatic carbocycles. The Labute approximate surface area is 153 Å². The summed E-state index contributed by atoms with van der Waals surface area (Å²) >= 11 is 0. The van der Waals surface area contributed by atoms with E-state index in [4.69, 9.17) is 0 Å². The Morgan fingerprint density at radius 1 is 1.12 bits per heavy atom. The molecule has 3 rings (SSSR count). The molecule has 0 radical (unpaired) electrons. The SMILES string of the molecule is O=S(=O)(N[C@@H]1CN(Cc2ccccc2)CC[C@@H]1CO)c1ccc(F)cc1. The highest BCUT2D eigenvalue weighted by Crippen LogP contribution is 2.21. The van der Waals surface area contributed by atoms with E-state index < -0.39 is 21.9 Å². The molecule has 0 bridgehead atoms. The number of aliphatic hydroxyl groups excluding tert-OH is 1. The van der Waals surface area contributed by atoms with Crippen molar-refractivity contribution in [3.8, 4) is 0 Å². The average Bonchev–Trinajstić information content (AvgIpc) is 2.63. The molecule has 0 aromatic heterocycles. The number of sulfonamides is 1. The van der Waals surface area contributed by atoms with Gasteiger partial charge < -0.3 is 5.11 Å². The number of rotatable bonds is 6. The number of nitrogens with one attached hydrogen (secondary N) is 1. The second-order valence-electron chi connectivity index (χ2n) is 6.63. The first kappa shape index (κ1) is 19.0. The lowest BCUT2D eigenvalue weighted by atomic mass is 9.93. The Balaban J connectivity index is 1.72. The number of benzene rings is 2. The third-order valence-corrected chi connectivity index (χ3v) is 6.26. The Kier molecular flexibility index (Phi) is 6.03. The van der Waals surface area contributed by atoms with Crippen LogP contribution in [0.5, 0.6) is 0 Å². The average molecular weight is 378 g/mol. The maximum Gasteiger partial charge on any atom is 0.240 e. The van der Waals surface area contributed by atoms with Crippen LogP contribution in [-0.2, 0) is 16.6 Å². The van der Waals surface area contributed by atoms with Crippen LogP contribution < -0.4 is 4.72 Å². The molecule has 0 spiro atoms. The van der Waals surface area contributed by atoms with E-state index >= 15 is 0 Å². The number of hydrogen-bond acceptors (Lipinski definition) is 4. The van der Waals surface area contributed by atoms with Crippen LogP contribution in [0.3, 0.4) is 0 Å². The van der Waals surface area contributed by atoms with Crippen molar-refractivity contribution in [2.24, 2.45) is 5.92 Å². The van der Waals surface area contributed by atoms with Crippen molar-refractivity contribution < 1.29 is 17.9 Å². The summed E-state index contributed by atoms with van der Waals surface area (Å²) in [6.45, 7) is 1.97. The molecular formula is C19H23FN2O3S. The van der Waals surface area contributed by atoms with E-state index in [2.05, 4.69) is 9.62 Å². The highest BCUT2D eigenvalue weighted by molar-refractivity contribution is 7.89. The van der Waals surface area contributed by atoms with Gasteiger partial charge in [-0.3, -0.25) is 4.90 Å². The Hall–Kier alpha value is -1.80. The quantitative estimate of drug-likeness (QED) is 0.807. The first-order valence-corrected chi connectivity index (χ1v) is 10.1. The maximum atomic E-state index is 13.1. The summed E-state index contributed by atoms with van der Waals surface area (Å²) in [7, 11) is -3.77. The molecule has 1 heterocycles. The second-order valence-corrected chi connectivity index (χ2v) is 8.35. The van der Waals surface area contributed by atoms with E-state index in [-0.39, 0.29) is 17.4 Å². The van der Waals surface area contributed by atoms with Gasteiger partial charge in [0, 0.05) is 31.7 Å². The fourth-order valence-electron chi connectivity index (χ4n) is 3.29. The van der Waals surface area contributed by atoms with Gasteiger partial charge in [-0.05, 0) is 42.8 Å². The summed E-state index contributed by atoms with van der Waals surface area (Å²) in [6.07, 6.45) is 0.708. The van der Waals surface area contributed by atoms with Crippen molar-refractivity contribution in [1.29, 1.82) is 0 Å². The zero-order chi connectivity index (χ0) is 18.6. The van der Waals surface area contributed by atoms with Crippen molar-refractivity contribution in [2.75, 3.05) is 19.7 Å². The number of aliphatic hydroxyl groups is 1.